The van der Waals surface area contributed by atoms with Crippen LogP contribution in [0.4, 0.5) is 0 Å². The van der Waals surface area contributed by atoms with E-state index in [1.165, 1.54) is 32.4 Å². The van der Waals surface area contributed by atoms with Crippen molar-refractivity contribution in [2.75, 3.05) is 13.1 Å². The Morgan fingerprint density at radius 2 is 1.79 bits per heavy atom. The van der Waals surface area contributed by atoms with Gasteiger partial charge in [0, 0.05) is 12.4 Å². The lowest BCUT2D eigenvalue weighted by Crippen LogP contribution is -2.21. The Hall–Kier alpha value is -0.845. The standard InChI is InChI=1S/C5H11N.C3H4N2.BH3O2/c1-2-4-6-5-3-1;1-2-4-5-3-1;2-1-3/h6H,1-5H2;1-3H,(H,4,5);1-3H. The highest BCUT2D eigenvalue weighted by Crippen LogP contribution is 1.96. The maximum atomic E-state index is 7.12. The van der Waals surface area contributed by atoms with Crippen molar-refractivity contribution in [1.29, 1.82) is 0 Å². The molecule has 0 spiro atoms. The summed E-state index contributed by atoms with van der Waals surface area (Å²) in [6, 6.07) is 1.83. The molecular weight excluding hydrogens is 181 g/mol. The molecule has 6 heteroatoms. The van der Waals surface area contributed by atoms with Crippen LogP contribution in [0.25, 0.3) is 0 Å². The Labute approximate surface area is 84.9 Å². The summed E-state index contributed by atoms with van der Waals surface area (Å²) in [7, 11) is -0.750. The maximum absolute atomic E-state index is 7.12. The summed E-state index contributed by atoms with van der Waals surface area (Å²) in [4.78, 5) is 0. The second kappa shape index (κ2) is 12.2. The van der Waals surface area contributed by atoms with E-state index in [0.29, 0.717) is 0 Å². The van der Waals surface area contributed by atoms with E-state index in [1.807, 2.05) is 6.07 Å². The van der Waals surface area contributed by atoms with E-state index in [0.717, 1.165) is 0 Å². The summed E-state index contributed by atoms with van der Waals surface area (Å²) in [5.74, 6) is 0. The highest BCUT2D eigenvalue weighted by atomic mass is 16.4. The molecule has 80 valence electrons. The Morgan fingerprint density at radius 1 is 1.14 bits per heavy atom. The molecule has 1 aliphatic heterocycles. The van der Waals surface area contributed by atoms with Gasteiger partial charge in [-0.2, -0.15) is 5.10 Å². The summed E-state index contributed by atoms with van der Waals surface area (Å²) < 4.78 is 0. The van der Waals surface area contributed by atoms with Crippen LogP contribution >= 0.6 is 0 Å². The number of nitrogens with one attached hydrogen (secondary N) is 2. The Kier molecular flexibility index (Phi) is 11.4. The van der Waals surface area contributed by atoms with Gasteiger partial charge in [-0.3, -0.25) is 5.10 Å². The summed E-state index contributed by atoms with van der Waals surface area (Å²) >= 11 is 0. The lowest BCUT2D eigenvalue weighted by molar-refractivity contribution is 0.448. The number of piperidine rings is 1. The second-order valence-electron chi connectivity index (χ2n) is 2.72. The van der Waals surface area contributed by atoms with Crippen LogP contribution in [0.2, 0.25) is 0 Å². The smallest absolute Gasteiger partial charge is 0.430 e. The molecule has 1 saturated heterocycles. The number of H-pyrrole nitrogens is 1. The maximum Gasteiger partial charge on any atom is 0.432 e. The molecule has 1 aromatic heterocycles. The summed E-state index contributed by atoms with van der Waals surface area (Å²) in [5.41, 5.74) is 0. The van der Waals surface area contributed by atoms with Gasteiger partial charge in [0.05, 0.1) is 0 Å². The van der Waals surface area contributed by atoms with Gasteiger partial charge in [0.25, 0.3) is 0 Å². The van der Waals surface area contributed by atoms with E-state index in [2.05, 4.69) is 15.5 Å². The third kappa shape index (κ3) is 11.2. The fourth-order valence-corrected chi connectivity index (χ4v) is 1.02. The zero-order valence-electron chi connectivity index (χ0n) is 8.32. The van der Waals surface area contributed by atoms with Crippen molar-refractivity contribution < 1.29 is 10.0 Å². The van der Waals surface area contributed by atoms with Crippen LogP contribution in [0, 0.1) is 0 Å². The monoisotopic (exact) mass is 199 g/mol. The molecule has 0 unspecified atom stereocenters. The summed E-state index contributed by atoms with van der Waals surface area (Å²) in [5, 5.41) is 23.7. The molecule has 1 aromatic rings. The second-order valence-corrected chi connectivity index (χ2v) is 2.72. The quantitative estimate of drug-likeness (QED) is 0.421. The first-order valence-corrected chi connectivity index (χ1v) is 4.78. The third-order valence-corrected chi connectivity index (χ3v) is 1.61. The van der Waals surface area contributed by atoms with Gasteiger partial charge in [0.15, 0.2) is 0 Å². The van der Waals surface area contributed by atoms with E-state index in [1.54, 1.807) is 12.4 Å². The van der Waals surface area contributed by atoms with Crippen LogP contribution in [0.1, 0.15) is 19.3 Å². The third-order valence-electron chi connectivity index (χ3n) is 1.61. The van der Waals surface area contributed by atoms with Gasteiger partial charge in [-0.25, -0.2) is 0 Å². The molecule has 1 fully saturated rings. The van der Waals surface area contributed by atoms with Crippen molar-refractivity contribution in [1.82, 2.24) is 15.5 Å². The van der Waals surface area contributed by atoms with E-state index in [-0.39, 0.29) is 0 Å². The lowest BCUT2D eigenvalue weighted by Gasteiger charge is -2.08. The minimum atomic E-state index is -0.750. The van der Waals surface area contributed by atoms with Gasteiger partial charge in [-0.05, 0) is 32.0 Å². The number of hydrogen-bond acceptors (Lipinski definition) is 4. The molecule has 0 saturated carbocycles. The normalized spacial score (nSPS) is 14.1. The number of aromatic amines is 1. The highest BCUT2D eigenvalue weighted by molar-refractivity contribution is 6.13. The molecule has 2 rings (SSSR count). The molecule has 0 atom stereocenters. The van der Waals surface area contributed by atoms with Crippen molar-refractivity contribution in [2.45, 2.75) is 19.3 Å². The first-order valence-electron chi connectivity index (χ1n) is 4.78. The van der Waals surface area contributed by atoms with E-state index in [4.69, 9.17) is 10.0 Å². The zero-order valence-corrected chi connectivity index (χ0v) is 8.32. The number of aromatic nitrogens is 2. The number of nitrogens with zero attached hydrogens (tertiary/aromatic N) is 1. The first kappa shape index (κ1) is 13.2. The molecule has 0 aromatic carbocycles. The van der Waals surface area contributed by atoms with Gasteiger partial charge in [0.2, 0.25) is 0 Å². The van der Waals surface area contributed by atoms with Crippen molar-refractivity contribution >= 4 is 7.69 Å². The van der Waals surface area contributed by atoms with Crippen LogP contribution in [0.3, 0.4) is 0 Å². The van der Waals surface area contributed by atoms with Gasteiger partial charge in [-0.1, -0.05) is 6.42 Å². The lowest BCUT2D eigenvalue weighted by atomic mass is 10.2. The largest absolute Gasteiger partial charge is 0.432 e. The fourth-order valence-electron chi connectivity index (χ4n) is 1.02. The SMILES string of the molecule is C1CCNCC1.OBO.c1cn[nH]c1. The van der Waals surface area contributed by atoms with Crippen molar-refractivity contribution in [3.05, 3.63) is 18.5 Å². The molecule has 14 heavy (non-hydrogen) atoms. The Bertz CT molecular complexity index is 140. The minimum Gasteiger partial charge on any atom is -0.430 e. The van der Waals surface area contributed by atoms with Crippen molar-refractivity contribution in [3.63, 3.8) is 0 Å². The van der Waals surface area contributed by atoms with Crippen LogP contribution in [0.15, 0.2) is 18.5 Å². The van der Waals surface area contributed by atoms with Crippen LogP contribution in [0.5, 0.6) is 0 Å². The van der Waals surface area contributed by atoms with E-state index in [9.17, 15) is 0 Å². The van der Waals surface area contributed by atoms with Crippen LogP contribution in [-0.2, 0) is 0 Å². The van der Waals surface area contributed by atoms with Crippen molar-refractivity contribution in [2.24, 2.45) is 0 Å². The number of rotatable bonds is 0. The van der Waals surface area contributed by atoms with Gasteiger partial charge in [0.1, 0.15) is 0 Å². The molecule has 0 bridgehead atoms. The number of hydrogen-bond donors (Lipinski definition) is 4. The predicted octanol–water partition coefficient (Wildman–Crippen LogP) is -0.593. The fraction of sp³-hybridized carbons (Fsp3) is 0.625. The van der Waals surface area contributed by atoms with E-state index < -0.39 is 7.69 Å². The molecule has 4 N–H and O–H groups in total. The molecule has 5 nitrogen and oxygen atoms in total. The first-order chi connectivity index (χ1) is 6.91. The zero-order chi connectivity index (χ0) is 10.5. The van der Waals surface area contributed by atoms with Crippen LogP contribution < -0.4 is 5.32 Å². The molecule has 0 aliphatic carbocycles. The predicted molar refractivity (Wildman–Crippen MR) is 56.9 cm³/mol. The molecule has 0 radical (unpaired) electrons. The average Bonchev–Trinajstić information content (AvgIpc) is 2.80. The molecule has 1 aliphatic rings. The molecule has 2 heterocycles. The minimum absolute atomic E-state index is 0.750. The van der Waals surface area contributed by atoms with Gasteiger partial charge >= 0.3 is 7.69 Å². The topological polar surface area (TPSA) is 81.2 Å². The van der Waals surface area contributed by atoms with Crippen molar-refractivity contribution in [3.8, 4) is 0 Å². The molecular formula is C8H18BN3O2. The summed E-state index contributed by atoms with van der Waals surface area (Å²) in [6.07, 6.45) is 7.67. The van der Waals surface area contributed by atoms with E-state index >= 15 is 0 Å². The van der Waals surface area contributed by atoms with Gasteiger partial charge in [-0.15, -0.1) is 0 Å². The Balaban J connectivity index is 0.000000193. The Morgan fingerprint density at radius 3 is 1.93 bits per heavy atom. The molecule has 0 amide bonds. The average molecular weight is 199 g/mol. The highest BCUT2D eigenvalue weighted by Gasteiger charge is 1.93. The van der Waals surface area contributed by atoms with Gasteiger partial charge < -0.3 is 15.4 Å². The summed E-state index contributed by atoms with van der Waals surface area (Å²) in [6.45, 7) is 2.50. The van der Waals surface area contributed by atoms with Crippen LogP contribution in [-0.4, -0.2) is 41.0 Å².